The Balaban J connectivity index is 1.29. The lowest BCUT2D eigenvalue weighted by Crippen LogP contribution is -2.25. The standard InChI is InChI=1S/C35H43ClN4O3/c1-2-3-19-40-32-25-31(41-22-20-38-15-4-5-16-38)26-33(42-23-21-39-17-6-7-18-39)34(32)37-35(40)27-11-13-29(14-12-27)43-30-10-8-9-28(36)24-30/h8-14,24-26H,2-7,15-23H2,1H3. The Labute approximate surface area is 260 Å². The van der Waals surface area contributed by atoms with Gasteiger partial charge in [0, 0.05) is 42.4 Å². The van der Waals surface area contributed by atoms with Crippen LogP contribution in [0.4, 0.5) is 0 Å². The largest absolute Gasteiger partial charge is 0.492 e. The summed E-state index contributed by atoms with van der Waals surface area (Å²) in [5.41, 5.74) is 2.97. The molecule has 0 atom stereocenters. The summed E-state index contributed by atoms with van der Waals surface area (Å²) >= 11 is 6.15. The van der Waals surface area contributed by atoms with Gasteiger partial charge in [0.15, 0.2) is 5.75 Å². The second-order valence-electron chi connectivity index (χ2n) is 11.6. The van der Waals surface area contributed by atoms with Crippen molar-refractivity contribution in [1.82, 2.24) is 19.4 Å². The number of fused-ring (bicyclic) bond motifs is 1. The van der Waals surface area contributed by atoms with E-state index < -0.39 is 0 Å². The Morgan fingerprint density at radius 1 is 0.744 bits per heavy atom. The molecule has 3 heterocycles. The van der Waals surface area contributed by atoms with E-state index in [1.807, 2.05) is 42.5 Å². The maximum absolute atomic E-state index is 6.47. The Hall–Kier alpha value is -3.26. The van der Waals surface area contributed by atoms with Crippen LogP contribution in [0.3, 0.4) is 0 Å². The fourth-order valence-corrected chi connectivity index (χ4v) is 6.23. The summed E-state index contributed by atoms with van der Waals surface area (Å²) in [6.45, 7) is 10.9. The van der Waals surface area contributed by atoms with Gasteiger partial charge in [0.05, 0.1) is 5.52 Å². The summed E-state index contributed by atoms with van der Waals surface area (Å²) in [6, 6.07) is 19.8. The van der Waals surface area contributed by atoms with E-state index in [0.717, 1.165) is 85.2 Å². The molecule has 0 N–H and O–H groups in total. The highest BCUT2D eigenvalue weighted by atomic mass is 35.5. The van der Waals surface area contributed by atoms with Crippen molar-refractivity contribution < 1.29 is 14.2 Å². The Bertz CT molecular complexity index is 1480. The number of hydrogen-bond donors (Lipinski definition) is 0. The molecule has 0 aliphatic carbocycles. The van der Waals surface area contributed by atoms with Crippen molar-refractivity contribution in [3.05, 3.63) is 65.7 Å². The first-order valence-electron chi connectivity index (χ1n) is 15.9. The summed E-state index contributed by atoms with van der Waals surface area (Å²) in [7, 11) is 0. The van der Waals surface area contributed by atoms with Gasteiger partial charge in [-0.15, -0.1) is 0 Å². The number of ether oxygens (including phenoxy) is 3. The fraction of sp³-hybridized carbons (Fsp3) is 0.457. The molecule has 0 unspecified atom stereocenters. The molecule has 8 heteroatoms. The highest BCUT2D eigenvalue weighted by Crippen LogP contribution is 2.36. The average Bonchev–Trinajstić information content (AvgIpc) is 3.79. The van der Waals surface area contributed by atoms with E-state index in [4.69, 9.17) is 30.8 Å². The van der Waals surface area contributed by atoms with Gasteiger partial charge in [0.1, 0.15) is 41.8 Å². The third-order valence-corrected chi connectivity index (χ3v) is 8.65. The number of nitrogens with zero attached hydrogens (tertiary/aromatic N) is 4. The summed E-state index contributed by atoms with van der Waals surface area (Å²) in [4.78, 5) is 10.2. The van der Waals surface area contributed by atoms with Gasteiger partial charge >= 0.3 is 0 Å². The first-order chi connectivity index (χ1) is 21.2. The Morgan fingerprint density at radius 2 is 1.44 bits per heavy atom. The monoisotopic (exact) mass is 602 g/mol. The van der Waals surface area contributed by atoms with Crippen molar-refractivity contribution in [3.63, 3.8) is 0 Å². The van der Waals surface area contributed by atoms with Crippen LogP contribution < -0.4 is 14.2 Å². The second-order valence-corrected chi connectivity index (χ2v) is 12.0. The van der Waals surface area contributed by atoms with Crippen LogP contribution in [0.5, 0.6) is 23.0 Å². The van der Waals surface area contributed by atoms with Crippen molar-refractivity contribution in [2.24, 2.45) is 0 Å². The van der Waals surface area contributed by atoms with E-state index >= 15 is 0 Å². The molecule has 0 radical (unpaired) electrons. The Kier molecular flexibility index (Phi) is 10.0. The number of hydrogen-bond acceptors (Lipinski definition) is 6. The molecule has 6 rings (SSSR count). The molecule has 2 aliphatic rings. The van der Waals surface area contributed by atoms with Gasteiger partial charge in [0.25, 0.3) is 0 Å². The van der Waals surface area contributed by atoms with Crippen LogP contribution in [0.2, 0.25) is 5.02 Å². The molecule has 43 heavy (non-hydrogen) atoms. The topological polar surface area (TPSA) is 52.0 Å². The molecule has 7 nitrogen and oxygen atoms in total. The lowest BCUT2D eigenvalue weighted by Gasteiger charge is -2.17. The summed E-state index contributed by atoms with van der Waals surface area (Å²) in [5.74, 6) is 4.03. The number of rotatable bonds is 14. The molecule has 2 fully saturated rings. The minimum absolute atomic E-state index is 0.638. The third kappa shape index (κ3) is 7.64. The fourth-order valence-electron chi connectivity index (χ4n) is 6.05. The van der Waals surface area contributed by atoms with Crippen LogP contribution in [0.1, 0.15) is 45.4 Å². The number of aryl methyl sites for hydroxylation is 1. The molecule has 1 aromatic heterocycles. The van der Waals surface area contributed by atoms with Crippen molar-refractivity contribution in [2.75, 3.05) is 52.5 Å². The predicted octanol–water partition coefficient (Wildman–Crippen LogP) is 7.90. The minimum atomic E-state index is 0.638. The number of halogens is 1. The maximum atomic E-state index is 6.47. The zero-order chi connectivity index (χ0) is 29.4. The zero-order valence-electron chi connectivity index (χ0n) is 25.3. The number of imidazole rings is 1. The van der Waals surface area contributed by atoms with E-state index in [1.165, 1.54) is 38.8 Å². The number of benzene rings is 3. The number of aromatic nitrogens is 2. The van der Waals surface area contributed by atoms with Crippen LogP contribution >= 0.6 is 11.6 Å². The van der Waals surface area contributed by atoms with Gasteiger partial charge in [0.2, 0.25) is 0 Å². The first-order valence-corrected chi connectivity index (χ1v) is 16.3. The smallest absolute Gasteiger partial charge is 0.150 e. The van der Waals surface area contributed by atoms with Crippen LogP contribution in [0.25, 0.3) is 22.4 Å². The van der Waals surface area contributed by atoms with Gasteiger partial charge in [-0.1, -0.05) is 31.0 Å². The van der Waals surface area contributed by atoms with Gasteiger partial charge in [-0.05, 0) is 101 Å². The van der Waals surface area contributed by atoms with Crippen molar-refractivity contribution in [3.8, 4) is 34.4 Å². The quantitative estimate of drug-likeness (QED) is 0.146. The van der Waals surface area contributed by atoms with Crippen LogP contribution in [0, 0.1) is 0 Å². The summed E-state index contributed by atoms with van der Waals surface area (Å²) in [5, 5.41) is 0.650. The average molecular weight is 603 g/mol. The first kappa shape index (κ1) is 29.8. The molecular weight excluding hydrogens is 560 g/mol. The van der Waals surface area contributed by atoms with Crippen LogP contribution in [-0.2, 0) is 6.54 Å². The van der Waals surface area contributed by atoms with Crippen molar-refractivity contribution >= 4 is 22.6 Å². The van der Waals surface area contributed by atoms with E-state index in [9.17, 15) is 0 Å². The highest BCUT2D eigenvalue weighted by molar-refractivity contribution is 6.30. The predicted molar refractivity (Wildman–Crippen MR) is 174 cm³/mol. The lowest BCUT2D eigenvalue weighted by atomic mass is 10.2. The molecule has 0 saturated carbocycles. The second kappa shape index (κ2) is 14.5. The molecule has 0 spiro atoms. The SMILES string of the molecule is CCCCn1c(-c2ccc(Oc3cccc(Cl)c3)cc2)nc2c(OCCN3CCCC3)cc(OCCN3CCCC3)cc21. The third-order valence-electron chi connectivity index (χ3n) is 8.41. The highest BCUT2D eigenvalue weighted by Gasteiger charge is 2.20. The molecule has 228 valence electrons. The number of unbranched alkanes of at least 4 members (excludes halogenated alkanes) is 1. The summed E-state index contributed by atoms with van der Waals surface area (Å²) < 4.78 is 21.2. The van der Waals surface area contributed by atoms with Gasteiger partial charge in [-0.25, -0.2) is 4.98 Å². The molecule has 2 aliphatic heterocycles. The molecule has 2 saturated heterocycles. The lowest BCUT2D eigenvalue weighted by molar-refractivity contribution is 0.231. The molecular formula is C35H43ClN4O3. The van der Waals surface area contributed by atoms with Crippen LogP contribution in [-0.4, -0.2) is 71.8 Å². The molecule has 4 aromatic rings. The molecule has 3 aromatic carbocycles. The molecule has 0 bridgehead atoms. The normalized spacial score (nSPS) is 15.9. The van der Waals surface area contributed by atoms with Crippen LogP contribution in [0.15, 0.2) is 60.7 Å². The van der Waals surface area contributed by atoms with Crippen molar-refractivity contribution in [2.45, 2.75) is 52.0 Å². The van der Waals surface area contributed by atoms with Crippen molar-refractivity contribution in [1.29, 1.82) is 0 Å². The van der Waals surface area contributed by atoms with Gasteiger partial charge in [-0.2, -0.15) is 0 Å². The van der Waals surface area contributed by atoms with E-state index in [-0.39, 0.29) is 0 Å². The summed E-state index contributed by atoms with van der Waals surface area (Å²) in [6.07, 6.45) is 7.27. The number of likely N-dealkylation sites (tertiary alicyclic amines) is 2. The minimum Gasteiger partial charge on any atom is -0.492 e. The molecule has 0 amide bonds. The Morgan fingerprint density at radius 3 is 2.12 bits per heavy atom. The van der Waals surface area contributed by atoms with E-state index in [1.54, 1.807) is 0 Å². The maximum Gasteiger partial charge on any atom is 0.150 e. The van der Waals surface area contributed by atoms with Gasteiger partial charge in [-0.3, -0.25) is 9.80 Å². The van der Waals surface area contributed by atoms with E-state index in [0.29, 0.717) is 24.0 Å². The van der Waals surface area contributed by atoms with E-state index in [2.05, 4.69) is 39.5 Å². The van der Waals surface area contributed by atoms with Gasteiger partial charge < -0.3 is 18.8 Å². The zero-order valence-corrected chi connectivity index (χ0v) is 26.0.